The highest BCUT2D eigenvalue weighted by Gasteiger charge is 2.16. The van der Waals surface area contributed by atoms with Gasteiger partial charge in [-0.15, -0.1) is 0 Å². The predicted molar refractivity (Wildman–Crippen MR) is 79.7 cm³/mol. The normalized spacial score (nSPS) is 17.4. The molecule has 4 nitrogen and oxygen atoms in total. The maximum atomic E-state index is 11.8. The molecule has 1 aromatic rings. The van der Waals surface area contributed by atoms with E-state index >= 15 is 0 Å². The third-order valence-corrected chi connectivity index (χ3v) is 3.59. The zero-order chi connectivity index (χ0) is 14.2. The number of hydrogen-bond donors (Lipinski definition) is 2. The summed E-state index contributed by atoms with van der Waals surface area (Å²) in [5.41, 5.74) is 1.31. The minimum Gasteiger partial charge on any atom is -0.381 e. The van der Waals surface area contributed by atoms with Crippen LogP contribution in [0.2, 0.25) is 0 Å². The molecule has 1 atom stereocenters. The highest BCUT2D eigenvalue weighted by atomic mass is 16.5. The van der Waals surface area contributed by atoms with E-state index < -0.39 is 0 Å². The summed E-state index contributed by atoms with van der Waals surface area (Å²) in [5.74, 6) is 0.429. The Kier molecular flexibility index (Phi) is 5.87. The average Bonchev–Trinajstić information content (AvgIpc) is 2.47. The van der Waals surface area contributed by atoms with Crippen molar-refractivity contribution >= 4 is 6.03 Å². The lowest BCUT2D eigenvalue weighted by atomic mass is 10.0. The highest BCUT2D eigenvalue weighted by molar-refractivity contribution is 5.74. The fourth-order valence-corrected chi connectivity index (χ4v) is 2.43. The molecule has 20 heavy (non-hydrogen) atoms. The number of urea groups is 1. The molecule has 2 N–H and O–H groups in total. The lowest BCUT2D eigenvalue weighted by Gasteiger charge is -2.23. The Morgan fingerprint density at radius 2 is 2.00 bits per heavy atom. The van der Waals surface area contributed by atoms with E-state index in [-0.39, 0.29) is 12.1 Å². The third-order valence-electron chi connectivity index (χ3n) is 3.59. The lowest BCUT2D eigenvalue weighted by molar-refractivity contribution is 0.0800. The highest BCUT2D eigenvalue weighted by Crippen LogP contribution is 2.08. The molecule has 0 saturated carbocycles. The molecule has 0 bridgehead atoms. The van der Waals surface area contributed by atoms with Crippen LogP contribution in [-0.2, 0) is 11.2 Å². The molecule has 110 valence electrons. The molecule has 0 spiro atoms. The van der Waals surface area contributed by atoms with E-state index in [0.29, 0.717) is 12.5 Å². The SMILES string of the molecule is CC(CNC(=O)NC1CCOCC1)Cc1ccccc1. The van der Waals surface area contributed by atoms with Crippen molar-refractivity contribution in [2.45, 2.75) is 32.2 Å². The summed E-state index contributed by atoms with van der Waals surface area (Å²) in [7, 11) is 0. The molecule has 2 amide bonds. The summed E-state index contributed by atoms with van der Waals surface area (Å²) in [6, 6.07) is 10.6. The molecule has 1 aromatic carbocycles. The molecule has 1 heterocycles. The van der Waals surface area contributed by atoms with Crippen molar-refractivity contribution in [3.05, 3.63) is 35.9 Å². The number of hydrogen-bond acceptors (Lipinski definition) is 2. The van der Waals surface area contributed by atoms with Crippen LogP contribution in [0.15, 0.2) is 30.3 Å². The van der Waals surface area contributed by atoms with Gasteiger partial charge in [0.15, 0.2) is 0 Å². The monoisotopic (exact) mass is 276 g/mol. The second-order valence-corrected chi connectivity index (χ2v) is 5.54. The third kappa shape index (κ3) is 5.21. The number of nitrogens with one attached hydrogen (secondary N) is 2. The molecule has 2 rings (SSSR count). The van der Waals surface area contributed by atoms with E-state index in [0.717, 1.165) is 32.5 Å². The molecule has 0 aliphatic carbocycles. The first-order valence-corrected chi connectivity index (χ1v) is 7.40. The van der Waals surface area contributed by atoms with Gasteiger partial charge in [0, 0.05) is 25.8 Å². The van der Waals surface area contributed by atoms with Crippen LogP contribution in [0.25, 0.3) is 0 Å². The molecule has 1 fully saturated rings. The zero-order valence-electron chi connectivity index (χ0n) is 12.1. The summed E-state index contributed by atoms with van der Waals surface area (Å²) in [4.78, 5) is 11.8. The van der Waals surface area contributed by atoms with Crippen LogP contribution >= 0.6 is 0 Å². The van der Waals surface area contributed by atoms with Gasteiger partial charge in [-0.05, 0) is 30.7 Å². The molecule has 0 radical (unpaired) electrons. The Morgan fingerprint density at radius 1 is 1.30 bits per heavy atom. The van der Waals surface area contributed by atoms with Crippen molar-refractivity contribution in [3.8, 4) is 0 Å². The van der Waals surface area contributed by atoms with Crippen molar-refractivity contribution in [2.24, 2.45) is 5.92 Å². The van der Waals surface area contributed by atoms with Crippen LogP contribution in [0.4, 0.5) is 4.79 Å². The smallest absolute Gasteiger partial charge is 0.315 e. The number of carbonyl (C=O) groups excluding carboxylic acids is 1. The summed E-state index contributed by atoms with van der Waals surface area (Å²) < 4.78 is 5.27. The maximum Gasteiger partial charge on any atom is 0.315 e. The van der Waals surface area contributed by atoms with Gasteiger partial charge in [-0.2, -0.15) is 0 Å². The molecule has 1 aliphatic heterocycles. The van der Waals surface area contributed by atoms with E-state index in [1.807, 2.05) is 18.2 Å². The number of amides is 2. The van der Waals surface area contributed by atoms with Gasteiger partial charge in [-0.3, -0.25) is 0 Å². The number of ether oxygens (including phenoxy) is 1. The van der Waals surface area contributed by atoms with Crippen LogP contribution in [0.3, 0.4) is 0 Å². The first-order chi connectivity index (χ1) is 9.74. The average molecular weight is 276 g/mol. The quantitative estimate of drug-likeness (QED) is 0.867. The molecule has 1 unspecified atom stereocenters. The molecular formula is C16H24N2O2. The van der Waals surface area contributed by atoms with Crippen LogP contribution in [0.5, 0.6) is 0 Å². The molecular weight excluding hydrogens is 252 g/mol. The van der Waals surface area contributed by atoms with Gasteiger partial charge >= 0.3 is 6.03 Å². The van der Waals surface area contributed by atoms with Crippen molar-refractivity contribution in [1.82, 2.24) is 10.6 Å². The van der Waals surface area contributed by atoms with E-state index in [9.17, 15) is 4.79 Å². The van der Waals surface area contributed by atoms with Crippen molar-refractivity contribution in [1.29, 1.82) is 0 Å². The molecule has 1 aliphatic rings. The largest absolute Gasteiger partial charge is 0.381 e. The van der Waals surface area contributed by atoms with Gasteiger partial charge in [-0.1, -0.05) is 37.3 Å². The summed E-state index contributed by atoms with van der Waals surface area (Å²) >= 11 is 0. The van der Waals surface area contributed by atoms with Gasteiger partial charge in [0.2, 0.25) is 0 Å². The Balaban J connectivity index is 1.64. The Morgan fingerprint density at radius 3 is 2.70 bits per heavy atom. The van der Waals surface area contributed by atoms with Gasteiger partial charge < -0.3 is 15.4 Å². The van der Waals surface area contributed by atoms with Crippen molar-refractivity contribution in [2.75, 3.05) is 19.8 Å². The summed E-state index contributed by atoms with van der Waals surface area (Å²) in [5, 5.41) is 5.97. The first-order valence-electron chi connectivity index (χ1n) is 7.40. The van der Waals surface area contributed by atoms with E-state index in [2.05, 4.69) is 29.7 Å². The van der Waals surface area contributed by atoms with Crippen molar-refractivity contribution < 1.29 is 9.53 Å². The Labute approximate surface area is 120 Å². The van der Waals surface area contributed by atoms with Crippen LogP contribution in [0, 0.1) is 5.92 Å². The minimum atomic E-state index is -0.0585. The zero-order valence-corrected chi connectivity index (χ0v) is 12.1. The van der Waals surface area contributed by atoms with Crippen LogP contribution < -0.4 is 10.6 Å². The topological polar surface area (TPSA) is 50.4 Å². The van der Waals surface area contributed by atoms with E-state index in [4.69, 9.17) is 4.74 Å². The minimum absolute atomic E-state index is 0.0585. The predicted octanol–water partition coefficient (Wildman–Crippen LogP) is 2.34. The maximum absolute atomic E-state index is 11.8. The number of rotatable bonds is 5. The molecule has 1 saturated heterocycles. The number of benzene rings is 1. The van der Waals surface area contributed by atoms with Gasteiger partial charge in [0.25, 0.3) is 0 Å². The van der Waals surface area contributed by atoms with Gasteiger partial charge in [0.05, 0.1) is 0 Å². The van der Waals surface area contributed by atoms with Crippen LogP contribution in [0.1, 0.15) is 25.3 Å². The number of carbonyl (C=O) groups is 1. The fraction of sp³-hybridized carbons (Fsp3) is 0.562. The second kappa shape index (κ2) is 7.90. The Hall–Kier alpha value is -1.55. The van der Waals surface area contributed by atoms with Gasteiger partial charge in [-0.25, -0.2) is 4.79 Å². The summed E-state index contributed by atoms with van der Waals surface area (Å²) in [6.07, 6.45) is 2.80. The first kappa shape index (κ1) is 14.9. The van der Waals surface area contributed by atoms with E-state index in [1.54, 1.807) is 0 Å². The molecule has 4 heteroatoms. The van der Waals surface area contributed by atoms with Gasteiger partial charge in [0.1, 0.15) is 0 Å². The molecule has 0 aromatic heterocycles. The Bertz CT molecular complexity index is 402. The summed E-state index contributed by atoms with van der Waals surface area (Å²) in [6.45, 7) is 4.34. The lowest BCUT2D eigenvalue weighted by Crippen LogP contribution is -2.45. The standard InChI is InChI=1S/C16H24N2O2/c1-13(11-14-5-3-2-4-6-14)12-17-16(19)18-15-7-9-20-10-8-15/h2-6,13,15H,7-12H2,1H3,(H2,17,18,19). The van der Waals surface area contributed by atoms with E-state index in [1.165, 1.54) is 5.56 Å². The van der Waals surface area contributed by atoms with Crippen molar-refractivity contribution in [3.63, 3.8) is 0 Å². The second-order valence-electron chi connectivity index (χ2n) is 5.54. The van der Waals surface area contributed by atoms with Crippen LogP contribution in [-0.4, -0.2) is 31.8 Å². The fourth-order valence-electron chi connectivity index (χ4n) is 2.43.